The van der Waals surface area contributed by atoms with Gasteiger partial charge in [0.1, 0.15) is 34.7 Å². The zero-order valence-corrected chi connectivity index (χ0v) is 21.8. The average molecular weight is 525 g/mol. The molecule has 2 aliphatic heterocycles. The van der Waals surface area contributed by atoms with Crippen molar-refractivity contribution >= 4 is 28.7 Å². The van der Waals surface area contributed by atoms with E-state index >= 15 is 0 Å². The third kappa shape index (κ3) is 3.42. The van der Waals surface area contributed by atoms with Crippen LogP contribution in [0.5, 0.6) is 0 Å². The fraction of sp³-hybridized carbons (Fsp3) is 0.393. The molecule has 1 atom stereocenters. The molecule has 5 heterocycles. The maximum Gasteiger partial charge on any atom is 0.257 e. The Labute approximate surface area is 224 Å². The molecule has 198 valence electrons. The van der Waals surface area contributed by atoms with Gasteiger partial charge in [0.05, 0.1) is 12.2 Å². The second kappa shape index (κ2) is 8.63. The lowest BCUT2D eigenvalue weighted by molar-refractivity contribution is -0.144. The first-order valence-corrected chi connectivity index (χ1v) is 13.3. The van der Waals surface area contributed by atoms with Gasteiger partial charge in [-0.25, -0.2) is 24.9 Å². The molecule has 1 saturated heterocycles. The first-order valence-electron chi connectivity index (χ1n) is 13.3. The largest absolute Gasteiger partial charge is 0.395 e. The maximum atomic E-state index is 14.0. The standard InChI is InChI=1S/C28H28N8O3/c1-16-29-13-19(14-30-16)24-33-23-22(31-15-32-25(23)34(24)2)18-6-7-21-20(12-18)28(27(39)35(21)10-11-37)8-3-9-36(28)26(38)17-4-5-17/h6-7,12-15,17,37H,3-5,8-11H2,1-2H3/t28-/m0/s1. The third-order valence-electron chi connectivity index (χ3n) is 8.20. The number of nitrogens with zero attached hydrogens (tertiary/aromatic N) is 8. The summed E-state index contributed by atoms with van der Waals surface area (Å²) in [6.45, 7) is 2.40. The summed E-state index contributed by atoms with van der Waals surface area (Å²) in [5, 5.41) is 9.75. The van der Waals surface area contributed by atoms with Crippen molar-refractivity contribution in [2.75, 3.05) is 24.6 Å². The van der Waals surface area contributed by atoms with Gasteiger partial charge in [-0.3, -0.25) is 9.59 Å². The number of fused-ring (bicyclic) bond motifs is 3. The number of amides is 2. The number of imidazole rings is 1. The van der Waals surface area contributed by atoms with Crippen LogP contribution >= 0.6 is 0 Å². The van der Waals surface area contributed by atoms with Crippen molar-refractivity contribution in [3.63, 3.8) is 0 Å². The van der Waals surface area contributed by atoms with Crippen LogP contribution in [0.1, 0.15) is 37.1 Å². The number of aliphatic hydroxyl groups excluding tert-OH is 1. The van der Waals surface area contributed by atoms with Crippen molar-refractivity contribution in [2.45, 2.75) is 38.1 Å². The molecular formula is C28H28N8O3. The lowest BCUT2D eigenvalue weighted by Crippen LogP contribution is -2.52. The molecule has 7 rings (SSSR count). The van der Waals surface area contributed by atoms with Gasteiger partial charge in [-0.1, -0.05) is 6.07 Å². The van der Waals surface area contributed by atoms with E-state index in [4.69, 9.17) is 4.98 Å². The molecule has 1 aliphatic carbocycles. The van der Waals surface area contributed by atoms with E-state index in [9.17, 15) is 14.7 Å². The minimum absolute atomic E-state index is 0.00508. The fourth-order valence-electron chi connectivity index (χ4n) is 6.17. The lowest BCUT2D eigenvalue weighted by atomic mass is 9.86. The number of carbonyl (C=O) groups is 2. The SMILES string of the molecule is Cc1ncc(-c2nc3c(-c4ccc5c(c4)[C@@]4(CCCN4C(=O)C4CC4)C(=O)N5CCO)ncnc3n2C)cn1. The number of carbonyl (C=O) groups excluding carboxylic acids is 2. The number of rotatable bonds is 5. The smallest absolute Gasteiger partial charge is 0.257 e. The first-order chi connectivity index (χ1) is 18.9. The van der Waals surface area contributed by atoms with Gasteiger partial charge in [-0.15, -0.1) is 0 Å². The molecule has 2 amide bonds. The Morgan fingerprint density at radius 3 is 2.67 bits per heavy atom. The monoisotopic (exact) mass is 524 g/mol. The molecule has 3 aromatic heterocycles. The molecule has 3 aliphatic rings. The van der Waals surface area contributed by atoms with Crippen molar-refractivity contribution in [3.05, 3.63) is 48.3 Å². The van der Waals surface area contributed by atoms with Crippen LogP contribution < -0.4 is 4.90 Å². The zero-order chi connectivity index (χ0) is 26.9. The van der Waals surface area contributed by atoms with Crippen LogP contribution in [0.2, 0.25) is 0 Å². The highest BCUT2D eigenvalue weighted by Gasteiger charge is 2.59. The lowest BCUT2D eigenvalue weighted by Gasteiger charge is -2.34. The number of likely N-dealkylation sites (tertiary alicyclic amines) is 1. The summed E-state index contributed by atoms with van der Waals surface area (Å²) in [5.74, 6) is 1.27. The zero-order valence-electron chi connectivity index (χ0n) is 21.8. The van der Waals surface area contributed by atoms with Gasteiger partial charge in [0.25, 0.3) is 5.91 Å². The first kappa shape index (κ1) is 23.8. The van der Waals surface area contributed by atoms with E-state index in [1.807, 2.05) is 36.7 Å². The molecule has 2 fully saturated rings. The van der Waals surface area contributed by atoms with Gasteiger partial charge >= 0.3 is 0 Å². The summed E-state index contributed by atoms with van der Waals surface area (Å²) >= 11 is 0. The topological polar surface area (TPSA) is 130 Å². The number of hydrogen-bond acceptors (Lipinski definition) is 8. The minimum atomic E-state index is -1.05. The summed E-state index contributed by atoms with van der Waals surface area (Å²) < 4.78 is 1.89. The van der Waals surface area contributed by atoms with Crippen LogP contribution in [-0.2, 0) is 22.2 Å². The number of benzene rings is 1. The Hall–Kier alpha value is -4.25. The van der Waals surface area contributed by atoms with Gasteiger partial charge in [0, 0.05) is 55.3 Å². The second-order valence-electron chi connectivity index (χ2n) is 10.5. The Kier molecular flexibility index (Phi) is 5.28. The van der Waals surface area contributed by atoms with Gasteiger partial charge in [0.2, 0.25) is 5.91 Å². The van der Waals surface area contributed by atoms with Gasteiger partial charge in [0.15, 0.2) is 5.65 Å². The molecule has 1 aromatic carbocycles. The molecule has 1 spiro atoms. The van der Waals surface area contributed by atoms with E-state index in [1.54, 1.807) is 22.2 Å². The summed E-state index contributed by atoms with van der Waals surface area (Å²) in [5.41, 5.74) is 3.95. The van der Waals surface area contributed by atoms with E-state index in [-0.39, 0.29) is 30.9 Å². The molecule has 4 aromatic rings. The van der Waals surface area contributed by atoms with Gasteiger partial charge in [-0.05, 0) is 44.7 Å². The molecule has 39 heavy (non-hydrogen) atoms. The molecule has 0 unspecified atom stereocenters. The van der Waals surface area contributed by atoms with E-state index in [0.717, 1.165) is 41.6 Å². The minimum Gasteiger partial charge on any atom is -0.395 e. The highest BCUT2D eigenvalue weighted by atomic mass is 16.3. The van der Waals surface area contributed by atoms with Crippen LogP contribution in [0, 0.1) is 12.8 Å². The number of aryl methyl sites for hydroxylation is 2. The Balaban J connectivity index is 1.39. The highest BCUT2D eigenvalue weighted by molar-refractivity contribution is 6.10. The molecule has 11 nitrogen and oxygen atoms in total. The number of β-amino-alcohol motifs (C(OH)–C–C–N with tert-alkyl or cyclic N) is 1. The second-order valence-corrected chi connectivity index (χ2v) is 10.5. The van der Waals surface area contributed by atoms with Crippen molar-refractivity contribution in [2.24, 2.45) is 13.0 Å². The van der Waals surface area contributed by atoms with E-state index in [1.165, 1.54) is 6.33 Å². The van der Waals surface area contributed by atoms with Crippen LogP contribution in [0.3, 0.4) is 0 Å². The van der Waals surface area contributed by atoms with Crippen LogP contribution in [0.15, 0.2) is 36.9 Å². The van der Waals surface area contributed by atoms with Crippen molar-refractivity contribution in [1.82, 2.24) is 34.4 Å². The summed E-state index contributed by atoms with van der Waals surface area (Å²) in [6.07, 6.45) is 8.05. The molecular weight excluding hydrogens is 496 g/mol. The molecule has 11 heteroatoms. The third-order valence-corrected chi connectivity index (χ3v) is 8.20. The van der Waals surface area contributed by atoms with Crippen molar-refractivity contribution in [1.29, 1.82) is 0 Å². The van der Waals surface area contributed by atoms with Gasteiger partial charge in [-0.2, -0.15) is 0 Å². The molecule has 0 bridgehead atoms. The Morgan fingerprint density at radius 2 is 1.92 bits per heavy atom. The normalized spacial score (nSPS) is 20.4. The summed E-state index contributed by atoms with van der Waals surface area (Å²) in [4.78, 5) is 53.4. The summed E-state index contributed by atoms with van der Waals surface area (Å²) in [7, 11) is 1.89. The predicted octanol–water partition coefficient (Wildman–Crippen LogP) is 2.36. The molecule has 1 N–H and O–H groups in total. The van der Waals surface area contributed by atoms with Gasteiger partial charge < -0.3 is 19.5 Å². The predicted molar refractivity (Wildman–Crippen MR) is 142 cm³/mol. The van der Waals surface area contributed by atoms with Crippen LogP contribution in [-0.4, -0.2) is 71.0 Å². The van der Waals surface area contributed by atoms with Crippen LogP contribution in [0.4, 0.5) is 5.69 Å². The average Bonchev–Trinajstić information content (AvgIpc) is 3.56. The fourth-order valence-corrected chi connectivity index (χ4v) is 6.17. The Morgan fingerprint density at radius 1 is 1.13 bits per heavy atom. The number of hydrogen-bond donors (Lipinski definition) is 1. The van der Waals surface area contributed by atoms with E-state index in [0.29, 0.717) is 41.5 Å². The highest BCUT2D eigenvalue weighted by Crippen LogP contribution is 2.52. The maximum absolute atomic E-state index is 14.0. The number of anilines is 1. The quantitative estimate of drug-likeness (QED) is 0.421. The van der Waals surface area contributed by atoms with E-state index in [2.05, 4.69) is 19.9 Å². The van der Waals surface area contributed by atoms with Crippen molar-refractivity contribution < 1.29 is 14.7 Å². The van der Waals surface area contributed by atoms with Crippen LogP contribution in [0.25, 0.3) is 33.8 Å². The van der Waals surface area contributed by atoms with E-state index < -0.39 is 5.54 Å². The van der Waals surface area contributed by atoms with Crippen molar-refractivity contribution in [3.8, 4) is 22.6 Å². The summed E-state index contributed by atoms with van der Waals surface area (Å²) in [6, 6.07) is 5.80. The Bertz CT molecular complexity index is 1640. The number of aromatic nitrogens is 6. The molecule has 1 saturated carbocycles. The molecule has 0 radical (unpaired) electrons. The number of aliphatic hydroxyl groups is 1.